The molecule has 5 rings (SSSR count). The summed E-state index contributed by atoms with van der Waals surface area (Å²) in [6.07, 6.45) is 9.28. The third-order valence-electron chi connectivity index (χ3n) is 6.78. The molecule has 1 saturated carbocycles. The molecule has 1 aliphatic rings. The second-order valence-corrected chi connectivity index (χ2v) is 9.26. The monoisotopic (exact) mass is 480 g/mol. The van der Waals surface area contributed by atoms with Crippen LogP contribution in [0.5, 0.6) is 0 Å². The first kappa shape index (κ1) is 23.5. The number of carboxylic acids is 1. The van der Waals surface area contributed by atoms with E-state index in [0.29, 0.717) is 6.54 Å². The minimum Gasteiger partial charge on any atom is -0.478 e. The van der Waals surface area contributed by atoms with Crippen LogP contribution in [0.25, 0.3) is 28.3 Å². The Morgan fingerprint density at radius 2 is 1.75 bits per heavy atom. The molecule has 1 fully saturated rings. The first-order valence-corrected chi connectivity index (χ1v) is 12.3. The van der Waals surface area contributed by atoms with Gasteiger partial charge in [0.1, 0.15) is 5.52 Å². The van der Waals surface area contributed by atoms with Crippen LogP contribution in [0.1, 0.15) is 43.2 Å². The third kappa shape index (κ3) is 5.38. The van der Waals surface area contributed by atoms with Gasteiger partial charge in [0.05, 0.1) is 6.54 Å². The van der Waals surface area contributed by atoms with Crippen molar-refractivity contribution in [3.05, 3.63) is 90.3 Å². The number of carboxylic acid groups (broad SMARTS) is 1. The maximum atomic E-state index is 13.7. The summed E-state index contributed by atoms with van der Waals surface area (Å²) in [6.45, 7) is 0.447. The summed E-state index contributed by atoms with van der Waals surface area (Å²) in [5.41, 5.74) is 6.22. The number of carbonyl (C=O) groups excluding carboxylic acids is 1. The van der Waals surface area contributed by atoms with E-state index in [1.165, 1.54) is 12.8 Å². The molecule has 0 atom stereocenters. The molecule has 1 aliphatic carbocycles. The minimum atomic E-state index is -1.00. The van der Waals surface area contributed by atoms with E-state index < -0.39 is 5.97 Å². The summed E-state index contributed by atoms with van der Waals surface area (Å²) in [5.74, 6) is -0.850. The van der Waals surface area contributed by atoms with E-state index >= 15 is 0 Å². The molecule has 4 aromatic rings. The fraction of sp³-hybridized carbons (Fsp3) is 0.233. The van der Waals surface area contributed by atoms with Crippen LogP contribution in [0.3, 0.4) is 0 Å². The van der Waals surface area contributed by atoms with Gasteiger partial charge in [-0.3, -0.25) is 4.79 Å². The van der Waals surface area contributed by atoms with Gasteiger partial charge in [0.25, 0.3) is 0 Å². The normalized spacial score (nSPS) is 14.3. The predicted octanol–water partition coefficient (Wildman–Crippen LogP) is 6.71. The van der Waals surface area contributed by atoms with Crippen LogP contribution in [-0.4, -0.2) is 22.0 Å². The lowest BCUT2D eigenvalue weighted by molar-refractivity contribution is -0.131. The highest BCUT2D eigenvalue weighted by molar-refractivity contribution is 5.95. The summed E-state index contributed by atoms with van der Waals surface area (Å²) >= 11 is 0. The Morgan fingerprint density at radius 1 is 0.972 bits per heavy atom. The molecule has 0 saturated heterocycles. The van der Waals surface area contributed by atoms with E-state index in [9.17, 15) is 9.59 Å². The first-order chi connectivity index (χ1) is 17.6. The van der Waals surface area contributed by atoms with Crippen LogP contribution in [-0.2, 0) is 16.1 Å². The van der Waals surface area contributed by atoms with Gasteiger partial charge in [0, 0.05) is 17.7 Å². The number of benzene rings is 3. The Labute approximate surface area is 209 Å². The van der Waals surface area contributed by atoms with Crippen molar-refractivity contribution in [2.75, 3.05) is 4.90 Å². The summed E-state index contributed by atoms with van der Waals surface area (Å²) in [4.78, 5) is 30.7. The number of amides is 1. The van der Waals surface area contributed by atoms with Gasteiger partial charge in [0.2, 0.25) is 5.91 Å². The van der Waals surface area contributed by atoms with Crippen molar-refractivity contribution in [2.45, 2.75) is 38.6 Å². The van der Waals surface area contributed by atoms with Crippen molar-refractivity contribution in [2.24, 2.45) is 5.92 Å². The molecule has 0 radical (unpaired) electrons. The van der Waals surface area contributed by atoms with Crippen LogP contribution in [0.15, 0.2) is 83.6 Å². The van der Waals surface area contributed by atoms with Crippen molar-refractivity contribution in [3.63, 3.8) is 0 Å². The molecule has 0 aliphatic heterocycles. The van der Waals surface area contributed by atoms with Crippen LogP contribution >= 0.6 is 0 Å². The zero-order chi connectivity index (χ0) is 24.9. The maximum absolute atomic E-state index is 13.7. The Hall–Kier alpha value is -4.19. The van der Waals surface area contributed by atoms with E-state index in [-0.39, 0.29) is 11.8 Å². The smallest absolute Gasteiger partial charge is 0.328 e. The Morgan fingerprint density at radius 3 is 2.53 bits per heavy atom. The van der Waals surface area contributed by atoms with Crippen LogP contribution < -0.4 is 4.90 Å². The van der Waals surface area contributed by atoms with Gasteiger partial charge < -0.3 is 14.4 Å². The molecule has 0 spiro atoms. The van der Waals surface area contributed by atoms with Crippen molar-refractivity contribution in [1.29, 1.82) is 0 Å². The Balaban J connectivity index is 1.42. The lowest BCUT2D eigenvalue weighted by Gasteiger charge is -2.30. The van der Waals surface area contributed by atoms with Crippen LogP contribution in [0.4, 0.5) is 5.69 Å². The molecule has 182 valence electrons. The van der Waals surface area contributed by atoms with Gasteiger partial charge in [-0.05, 0) is 65.4 Å². The fourth-order valence-electron chi connectivity index (χ4n) is 4.85. The molecule has 6 heteroatoms. The van der Waals surface area contributed by atoms with Gasteiger partial charge in [0.15, 0.2) is 12.0 Å². The summed E-state index contributed by atoms with van der Waals surface area (Å²) in [7, 11) is 0. The van der Waals surface area contributed by atoms with E-state index in [1.54, 1.807) is 6.08 Å². The second kappa shape index (κ2) is 10.6. The largest absolute Gasteiger partial charge is 0.478 e. The highest BCUT2D eigenvalue weighted by Gasteiger charge is 2.27. The van der Waals surface area contributed by atoms with E-state index in [2.05, 4.69) is 29.2 Å². The Kier molecular flexibility index (Phi) is 6.94. The molecule has 0 unspecified atom stereocenters. The third-order valence-corrected chi connectivity index (χ3v) is 6.78. The Bertz CT molecular complexity index is 1400. The number of anilines is 1. The lowest BCUT2D eigenvalue weighted by atomic mass is 9.88. The van der Waals surface area contributed by atoms with E-state index in [1.807, 2.05) is 47.4 Å². The molecule has 1 aromatic heterocycles. The van der Waals surface area contributed by atoms with Gasteiger partial charge >= 0.3 is 5.97 Å². The van der Waals surface area contributed by atoms with Gasteiger partial charge in [-0.1, -0.05) is 61.7 Å². The number of fused-ring (bicyclic) bond motifs is 1. The first-order valence-electron chi connectivity index (χ1n) is 12.3. The molecule has 1 heterocycles. The molecule has 36 heavy (non-hydrogen) atoms. The van der Waals surface area contributed by atoms with Crippen molar-refractivity contribution in [1.82, 2.24) is 4.98 Å². The number of rotatable bonds is 7. The van der Waals surface area contributed by atoms with Crippen LogP contribution in [0, 0.1) is 5.92 Å². The predicted molar refractivity (Wildman–Crippen MR) is 140 cm³/mol. The minimum absolute atomic E-state index is 0.0184. The highest BCUT2D eigenvalue weighted by Crippen LogP contribution is 2.30. The SMILES string of the molecule is O=C(O)C=Cc1cccc(N(Cc2ccc(-c3ccc4ncoc4c3)cc2)C(=O)C2CCCCC2)c1. The average Bonchev–Trinajstić information content (AvgIpc) is 3.39. The van der Waals surface area contributed by atoms with Gasteiger partial charge in [-0.25, -0.2) is 9.78 Å². The molecule has 1 N–H and O–H groups in total. The molecule has 6 nitrogen and oxygen atoms in total. The van der Waals surface area contributed by atoms with Crippen molar-refractivity contribution >= 4 is 34.7 Å². The standard InChI is InChI=1S/C30H28N2O4/c33-29(34)16-11-21-5-4-8-26(17-21)32(30(35)24-6-2-1-3-7-24)19-22-9-12-23(13-10-22)25-14-15-27-28(18-25)36-20-31-27/h4-5,8-18,20,24H,1-3,6-7,19H2,(H,33,34). The summed E-state index contributed by atoms with van der Waals surface area (Å²) in [5, 5.41) is 8.99. The van der Waals surface area contributed by atoms with Crippen LogP contribution in [0.2, 0.25) is 0 Å². The summed E-state index contributed by atoms with van der Waals surface area (Å²) in [6, 6.07) is 21.7. The number of nitrogens with zero attached hydrogens (tertiary/aromatic N) is 2. The topological polar surface area (TPSA) is 83.6 Å². The molecular weight excluding hydrogens is 452 g/mol. The zero-order valence-corrected chi connectivity index (χ0v) is 20.0. The number of carbonyl (C=O) groups is 2. The number of oxazole rings is 1. The van der Waals surface area contributed by atoms with Crippen molar-refractivity contribution in [3.8, 4) is 11.1 Å². The molecular formula is C30H28N2O4. The number of hydrogen-bond donors (Lipinski definition) is 1. The van der Waals surface area contributed by atoms with Gasteiger partial charge in [-0.2, -0.15) is 0 Å². The summed E-state index contributed by atoms with van der Waals surface area (Å²) < 4.78 is 5.44. The fourth-order valence-corrected chi connectivity index (χ4v) is 4.85. The highest BCUT2D eigenvalue weighted by atomic mass is 16.4. The van der Waals surface area contributed by atoms with Crippen molar-refractivity contribution < 1.29 is 19.1 Å². The number of aliphatic carboxylic acids is 1. The number of hydrogen-bond acceptors (Lipinski definition) is 4. The second-order valence-electron chi connectivity index (χ2n) is 9.26. The zero-order valence-electron chi connectivity index (χ0n) is 20.0. The van der Waals surface area contributed by atoms with E-state index in [4.69, 9.17) is 9.52 Å². The quantitative estimate of drug-likeness (QED) is 0.297. The van der Waals surface area contributed by atoms with Gasteiger partial charge in [-0.15, -0.1) is 0 Å². The maximum Gasteiger partial charge on any atom is 0.328 e. The molecule has 1 amide bonds. The van der Waals surface area contributed by atoms with E-state index in [0.717, 1.165) is 70.8 Å². The molecule has 3 aromatic carbocycles. The lowest BCUT2D eigenvalue weighted by Crippen LogP contribution is -2.36. The number of aromatic nitrogens is 1. The average molecular weight is 481 g/mol. The molecule has 0 bridgehead atoms.